The standard InChI is InChI=1S/C14H19F3N2O/c1-2-10-4-3-5-11(12(10)20)13(14(15,16)17)19-8-6-18-7-9-19/h3-5,13,18,20H,2,6-9H2,1H3/t13-/m1/s1. The van der Waals surface area contributed by atoms with Gasteiger partial charge in [0.25, 0.3) is 0 Å². The summed E-state index contributed by atoms with van der Waals surface area (Å²) in [6.45, 7) is 3.51. The second kappa shape index (κ2) is 6.01. The van der Waals surface area contributed by atoms with Crippen LogP contribution in [0.2, 0.25) is 0 Å². The van der Waals surface area contributed by atoms with Crippen LogP contribution in [0, 0.1) is 0 Å². The Hall–Kier alpha value is -1.27. The van der Waals surface area contributed by atoms with Crippen molar-refractivity contribution >= 4 is 0 Å². The number of phenolic OH excluding ortho intramolecular Hbond substituents is 1. The number of benzene rings is 1. The molecule has 0 spiro atoms. The third kappa shape index (κ3) is 3.07. The summed E-state index contributed by atoms with van der Waals surface area (Å²) >= 11 is 0. The SMILES string of the molecule is CCc1cccc([C@@H](N2CCNCC2)C(F)(F)F)c1O. The highest BCUT2D eigenvalue weighted by Crippen LogP contribution is 2.42. The van der Waals surface area contributed by atoms with Gasteiger partial charge in [-0.3, -0.25) is 4.90 Å². The molecule has 20 heavy (non-hydrogen) atoms. The number of para-hydroxylation sites is 1. The lowest BCUT2D eigenvalue weighted by molar-refractivity contribution is -0.188. The summed E-state index contributed by atoms with van der Waals surface area (Å²) in [4.78, 5) is 1.38. The summed E-state index contributed by atoms with van der Waals surface area (Å²) in [7, 11) is 0. The van der Waals surface area contributed by atoms with Crippen LogP contribution < -0.4 is 5.32 Å². The largest absolute Gasteiger partial charge is 0.507 e. The number of rotatable bonds is 3. The Morgan fingerprint density at radius 1 is 1.30 bits per heavy atom. The summed E-state index contributed by atoms with van der Waals surface area (Å²) in [6, 6.07) is 2.86. The summed E-state index contributed by atoms with van der Waals surface area (Å²) in [5.74, 6) is -0.226. The van der Waals surface area contributed by atoms with E-state index in [1.54, 1.807) is 12.1 Å². The fraction of sp³-hybridized carbons (Fsp3) is 0.571. The van der Waals surface area contributed by atoms with E-state index in [0.717, 1.165) is 0 Å². The Morgan fingerprint density at radius 3 is 2.50 bits per heavy atom. The van der Waals surface area contributed by atoms with Gasteiger partial charge in [0, 0.05) is 31.7 Å². The monoisotopic (exact) mass is 288 g/mol. The molecule has 0 saturated carbocycles. The third-order valence-electron chi connectivity index (χ3n) is 3.65. The molecule has 1 fully saturated rings. The van der Waals surface area contributed by atoms with Gasteiger partial charge in [-0.2, -0.15) is 13.2 Å². The van der Waals surface area contributed by atoms with Gasteiger partial charge in [0.2, 0.25) is 0 Å². The Balaban J connectivity index is 2.41. The van der Waals surface area contributed by atoms with Crippen LogP contribution in [0.5, 0.6) is 5.75 Å². The molecule has 0 radical (unpaired) electrons. The van der Waals surface area contributed by atoms with Crippen molar-refractivity contribution in [2.75, 3.05) is 26.2 Å². The normalized spacial score (nSPS) is 19.0. The number of aryl methyl sites for hydroxylation is 1. The lowest BCUT2D eigenvalue weighted by Crippen LogP contribution is -2.49. The van der Waals surface area contributed by atoms with Crippen molar-refractivity contribution < 1.29 is 18.3 Å². The molecule has 0 amide bonds. The number of aromatic hydroxyl groups is 1. The van der Waals surface area contributed by atoms with Crippen molar-refractivity contribution in [1.29, 1.82) is 0 Å². The molecule has 1 aliphatic heterocycles. The second-order valence-corrected chi connectivity index (χ2v) is 4.94. The lowest BCUT2D eigenvalue weighted by Gasteiger charge is -2.36. The molecule has 1 heterocycles. The molecule has 112 valence electrons. The Bertz CT molecular complexity index is 456. The van der Waals surface area contributed by atoms with Gasteiger partial charge in [0.05, 0.1) is 0 Å². The molecule has 6 heteroatoms. The topological polar surface area (TPSA) is 35.5 Å². The van der Waals surface area contributed by atoms with Gasteiger partial charge in [-0.25, -0.2) is 0 Å². The summed E-state index contributed by atoms with van der Waals surface area (Å²) in [6.07, 6.45) is -3.90. The van der Waals surface area contributed by atoms with Gasteiger partial charge in [0.15, 0.2) is 0 Å². The summed E-state index contributed by atoms with van der Waals surface area (Å²) in [5.41, 5.74) is 0.505. The molecule has 2 rings (SSSR count). The van der Waals surface area contributed by atoms with E-state index < -0.39 is 12.2 Å². The molecule has 0 unspecified atom stereocenters. The quantitative estimate of drug-likeness (QED) is 0.897. The number of hydrogen-bond acceptors (Lipinski definition) is 3. The van der Waals surface area contributed by atoms with Crippen LogP contribution in [0.1, 0.15) is 24.1 Å². The molecule has 2 N–H and O–H groups in total. The highest BCUT2D eigenvalue weighted by atomic mass is 19.4. The van der Waals surface area contributed by atoms with E-state index in [-0.39, 0.29) is 11.3 Å². The minimum absolute atomic E-state index is 0.0428. The van der Waals surface area contributed by atoms with E-state index in [0.29, 0.717) is 38.2 Å². The number of alkyl halides is 3. The molecule has 0 bridgehead atoms. The zero-order chi connectivity index (χ0) is 14.8. The first-order valence-electron chi connectivity index (χ1n) is 6.77. The van der Waals surface area contributed by atoms with Gasteiger partial charge >= 0.3 is 6.18 Å². The van der Waals surface area contributed by atoms with Crippen LogP contribution in [0.25, 0.3) is 0 Å². The van der Waals surface area contributed by atoms with Crippen LogP contribution in [-0.4, -0.2) is 42.4 Å². The number of nitrogens with zero attached hydrogens (tertiary/aromatic N) is 1. The van der Waals surface area contributed by atoms with Crippen molar-refractivity contribution in [2.24, 2.45) is 0 Å². The van der Waals surface area contributed by atoms with E-state index in [4.69, 9.17) is 0 Å². The van der Waals surface area contributed by atoms with Gasteiger partial charge in [0.1, 0.15) is 11.8 Å². The maximum Gasteiger partial charge on any atom is 0.408 e. The average molecular weight is 288 g/mol. The van der Waals surface area contributed by atoms with Gasteiger partial charge in [-0.1, -0.05) is 25.1 Å². The number of nitrogens with one attached hydrogen (secondary N) is 1. The number of halogens is 3. The molecule has 1 atom stereocenters. The van der Waals surface area contributed by atoms with Crippen LogP contribution in [0.15, 0.2) is 18.2 Å². The van der Waals surface area contributed by atoms with Crippen LogP contribution >= 0.6 is 0 Å². The van der Waals surface area contributed by atoms with Crippen molar-refractivity contribution in [3.8, 4) is 5.75 Å². The zero-order valence-electron chi connectivity index (χ0n) is 11.4. The maximum atomic E-state index is 13.4. The molecule has 1 aromatic carbocycles. The van der Waals surface area contributed by atoms with E-state index in [2.05, 4.69) is 5.32 Å². The molecular formula is C14H19F3N2O. The van der Waals surface area contributed by atoms with Crippen molar-refractivity contribution in [2.45, 2.75) is 25.6 Å². The van der Waals surface area contributed by atoms with Crippen molar-refractivity contribution in [3.05, 3.63) is 29.3 Å². The lowest BCUT2D eigenvalue weighted by atomic mass is 9.98. The summed E-state index contributed by atoms with van der Waals surface area (Å²) in [5, 5.41) is 13.1. The third-order valence-corrected chi connectivity index (χ3v) is 3.65. The molecule has 1 aliphatic rings. The van der Waals surface area contributed by atoms with E-state index in [9.17, 15) is 18.3 Å². The molecular weight excluding hydrogens is 269 g/mol. The Labute approximate surface area is 116 Å². The fourth-order valence-electron chi connectivity index (χ4n) is 2.64. The van der Waals surface area contributed by atoms with E-state index in [1.807, 2.05) is 6.92 Å². The second-order valence-electron chi connectivity index (χ2n) is 4.94. The first-order valence-corrected chi connectivity index (χ1v) is 6.77. The Kier molecular flexibility index (Phi) is 4.55. The molecule has 1 aromatic rings. The maximum absolute atomic E-state index is 13.4. The van der Waals surface area contributed by atoms with E-state index in [1.165, 1.54) is 11.0 Å². The Morgan fingerprint density at radius 2 is 1.95 bits per heavy atom. The average Bonchev–Trinajstić information content (AvgIpc) is 2.41. The van der Waals surface area contributed by atoms with Crippen LogP contribution in [0.4, 0.5) is 13.2 Å². The minimum atomic E-state index is -4.40. The number of hydrogen-bond donors (Lipinski definition) is 2. The highest BCUT2D eigenvalue weighted by molar-refractivity contribution is 5.43. The highest BCUT2D eigenvalue weighted by Gasteiger charge is 2.46. The molecule has 3 nitrogen and oxygen atoms in total. The molecule has 1 saturated heterocycles. The fourth-order valence-corrected chi connectivity index (χ4v) is 2.64. The molecule has 0 aliphatic carbocycles. The summed E-state index contributed by atoms with van der Waals surface area (Å²) < 4.78 is 40.3. The van der Waals surface area contributed by atoms with Crippen molar-refractivity contribution in [3.63, 3.8) is 0 Å². The van der Waals surface area contributed by atoms with Crippen molar-refractivity contribution in [1.82, 2.24) is 10.2 Å². The first-order chi connectivity index (χ1) is 9.45. The minimum Gasteiger partial charge on any atom is -0.507 e. The number of piperazine rings is 1. The molecule has 0 aromatic heterocycles. The smallest absolute Gasteiger partial charge is 0.408 e. The predicted molar refractivity (Wildman–Crippen MR) is 70.7 cm³/mol. The predicted octanol–water partition coefficient (Wildman–Crippen LogP) is 2.46. The zero-order valence-corrected chi connectivity index (χ0v) is 11.4. The first kappa shape index (κ1) is 15.1. The van der Waals surface area contributed by atoms with Gasteiger partial charge in [-0.15, -0.1) is 0 Å². The van der Waals surface area contributed by atoms with Crippen LogP contribution in [-0.2, 0) is 6.42 Å². The van der Waals surface area contributed by atoms with Gasteiger partial charge in [-0.05, 0) is 12.0 Å². The van der Waals surface area contributed by atoms with Gasteiger partial charge < -0.3 is 10.4 Å². The van der Waals surface area contributed by atoms with Crippen LogP contribution in [0.3, 0.4) is 0 Å². The van der Waals surface area contributed by atoms with E-state index >= 15 is 0 Å². The number of phenols is 1.